The second-order valence-corrected chi connectivity index (χ2v) is 4.44. The molecule has 2 heterocycles. The maximum absolute atomic E-state index is 13.5. The highest BCUT2D eigenvalue weighted by Gasteiger charge is 2.26. The van der Waals surface area contributed by atoms with Crippen LogP contribution in [0.4, 0.5) is 4.39 Å². The fraction of sp³-hybridized carbons (Fsp3) is 0.182. The minimum Gasteiger partial charge on any atom is -0.325 e. The minimum atomic E-state index is -0.168. The summed E-state index contributed by atoms with van der Waals surface area (Å²) in [5.41, 5.74) is 0.666. The second kappa shape index (κ2) is 3.38. The van der Waals surface area contributed by atoms with Crippen molar-refractivity contribution in [1.29, 1.82) is 0 Å². The van der Waals surface area contributed by atoms with E-state index in [-0.39, 0.29) is 5.82 Å². The molecule has 0 saturated heterocycles. The molecule has 0 atom stereocenters. The van der Waals surface area contributed by atoms with Crippen molar-refractivity contribution in [3.05, 3.63) is 41.8 Å². The number of fused-ring (bicyclic) bond motifs is 1. The van der Waals surface area contributed by atoms with Gasteiger partial charge in [-0.25, -0.2) is 4.39 Å². The zero-order valence-electron chi connectivity index (χ0n) is 7.98. The van der Waals surface area contributed by atoms with Crippen molar-refractivity contribution in [2.45, 2.75) is 0 Å². The standard InChI is InChI=1S/C11H9FN2S/c12-9-4-2-1-3-8(9)10-7-14-6-5-13-11(14)15-10/h1-4,7H,5-6H2. The van der Waals surface area contributed by atoms with Gasteiger partial charge in [-0.2, -0.15) is 0 Å². The normalized spacial score (nSPS) is 18.9. The Hall–Kier alpha value is -1.29. The number of thioether (sulfide) groups is 1. The molecule has 15 heavy (non-hydrogen) atoms. The lowest BCUT2D eigenvalue weighted by Gasteiger charge is -2.04. The molecule has 2 aliphatic rings. The van der Waals surface area contributed by atoms with Crippen LogP contribution in [0.5, 0.6) is 0 Å². The Morgan fingerprint density at radius 3 is 3.00 bits per heavy atom. The number of benzene rings is 1. The number of halogens is 1. The quantitative estimate of drug-likeness (QED) is 0.722. The maximum Gasteiger partial charge on any atom is 0.168 e. The van der Waals surface area contributed by atoms with E-state index in [0.717, 1.165) is 23.2 Å². The van der Waals surface area contributed by atoms with E-state index in [4.69, 9.17) is 0 Å². The molecule has 0 spiro atoms. The molecule has 0 aliphatic carbocycles. The lowest BCUT2D eigenvalue weighted by Crippen LogP contribution is -2.14. The van der Waals surface area contributed by atoms with Gasteiger partial charge in [-0.05, 0) is 17.8 Å². The van der Waals surface area contributed by atoms with E-state index in [1.165, 1.54) is 6.07 Å². The van der Waals surface area contributed by atoms with Crippen LogP contribution in [0.3, 0.4) is 0 Å². The first-order valence-corrected chi connectivity index (χ1v) is 5.62. The second-order valence-electron chi connectivity index (χ2n) is 3.43. The number of aliphatic imine (C=N–C) groups is 1. The van der Waals surface area contributed by atoms with Crippen molar-refractivity contribution in [3.8, 4) is 0 Å². The average molecular weight is 220 g/mol. The molecule has 1 aromatic rings. The van der Waals surface area contributed by atoms with Gasteiger partial charge in [0.05, 0.1) is 6.54 Å². The third-order valence-electron chi connectivity index (χ3n) is 2.45. The van der Waals surface area contributed by atoms with Gasteiger partial charge < -0.3 is 4.90 Å². The molecule has 1 aromatic carbocycles. The zero-order chi connectivity index (χ0) is 10.3. The van der Waals surface area contributed by atoms with E-state index < -0.39 is 0 Å². The Kier molecular flexibility index (Phi) is 2.02. The molecule has 0 N–H and O–H groups in total. The molecular weight excluding hydrogens is 211 g/mol. The Balaban J connectivity index is 1.97. The van der Waals surface area contributed by atoms with Gasteiger partial charge in [-0.1, -0.05) is 18.2 Å². The van der Waals surface area contributed by atoms with Crippen LogP contribution in [0, 0.1) is 5.82 Å². The fourth-order valence-electron chi connectivity index (χ4n) is 1.70. The van der Waals surface area contributed by atoms with E-state index >= 15 is 0 Å². The highest BCUT2D eigenvalue weighted by molar-refractivity contribution is 8.22. The molecule has 0 aromatic heterocycles. The summed E-state index contributed by atoms with van der Waals surface area (Å²) in [7, 11) is 0. The molecule has 0 radical (unpaired) electrons. The van der Waals surface area contributed by atoms with Crippen LogP contribution in [0.1, 0.15) is 5.56 Å². The first-order chi connectivity index (χ1) is 7.34. The number of nitrogens with zero attached hydrogens (tertiary/aromatic N) is 2. The Morgan fingerprint density at radius 2 is 2.20 bits per heavy atom. The Bertz CT molecular complexity index is 467. The van der Waals surface area contributed by atoms with Crippen molar-refractivity contribution in [2.75, 3.05) is 13.1 Å². The highest BCUT2D eigenvalue weighted by Crippen LogP contribution is 2.38. The molecule has 3 rings (SSSR count). The van der Waals surface area contributed by atoms with Crippen LogP contribution in [-0.2, 0) is 0 Å². The van der Waals surface area contributed by atoms with Crippen molar-refractivity contribution < 1.29 is 4.39 Å². The summed E-state index contributed by atoms with van der Waals surface area (Å²) in [6.45, 7) is 1.77. The third-order valence-corrected chi connectivity index (χ3v) is 3.54. The molecular formula is C11H9FN2S. The van der Waals surface area contributed by atoms with Crippen LogP contribution in [-0.4, -0.2) is 23.2 Å². The largest absolute Gasteiger partial charge is 0.325 e. The number of rotatable bonds is 1. The van der Waals surface area contributed by atoms with E-state index in [2.05, 4.69) is 9.89 Å². The molecule has 2 aliphatic heterocycles. The lowest BCUT2D eigenvalue weighted by molar-refractivity contribution is 0.618. The van der Waals surface area contributed by atoms with Gasteiger partial charge in [0.15, 0.2) is 5.17 Å². The van der Waals surface area contributed by atoms with Gasteiger partial charge >= 0.3 is 0 Å². The van der Waals surface area contributed by atoms with Gasteiger partial charge in [0, 0.05) is 23.2 Å². The first-order valence-electron chi connectivity index (χ1n) is 4.80. The van der Waals surface area contributed by atoms with Crippen LogP contribution in [0.15, 0.2) is 35.5 Å². The summed E-state index contributed by atoms with van der Waals surface area (Å²) in [6, 6.07) is 6.85. The van der Waals surface area contributed by atoms with Crippen LogP contribution in [0.2, 0.25) is 0 Å². The summed E-state index contributed by atoms with van der Waals surface area (Å²) in [5, 5.41) is 0.994. The summed E-state index contributed by atoms with van der Waals surface area (Å²) in [6.07, 6.45) is 1.98. The van der Waals surface area contributed by atoms with E-state index in [1.807, 2.05) is 12.3 Å². The molecule has 0 unspecified atom stereocenters. The van der Waals surface area contributed by atoms with Gasteiger partial charge in [-0.3, -0.25) is 4.99 Å². The van der Waals surface area contributed by atoms with E-state index in [0.29, 0.717) is 5.56 Å². The Labute approximate surface area is 91.5 Å². The van der Waals surface area contributed by atoms with Crippen molar-refractivity contribution >= 4 is 21.8 Å². The third kappa shape index (κ3) is 1.45. The minimum absolute atomic E-state index is 0.168. The average Bonchev–Trinajstić information content (AvgIpc) is 2.77. The monoisotopic (exact) mass is 220 g/mol. The van der Waals surface area contributed by atoms with Crippen molar-refractivity contribution in [1.82, 2.24) is 4.90 Å². The molecule has 2 nitrogen and oxygen atoms in total. The number of amidine groups is 1. The number of hydrogen-bond donors (Lipinski definition) is 0. The lowest BCUT2D eigenvalue weighted by atomic mass is 10.2. The predicted molar refractivity (Wildman–Crippen MR) is 61.0 cm³/mol. The number of hydrogen-bond acceptors (Lipinski definition) is 3. The fourth-order valence-corrected chi connectivity index (χ4v) is 2.77. The highest BCUT2D eigenvalue weighted by atomic mass is 32.2. The molecule has 76 valence electrons. The predicted octanol–water partition coefficient (Wildman–Crippen LogP) is 2.54. The SMILES string of the molecule is Fc1ccccc1C1=CN2CCN=C2S1. The van der Waals surface area contributed by atoms with Gasteiger partial charge in [-0.15, -0.1) is 0 Å². The van der Waals surface area contributed by atoms with Gasteiger partial charge in [0.2, 0.25) is 0 Å². The van der Waals surface area contributed by atoms with Gasteiger partial charge in [0.25, 0.3) is 0 Å². The summed E-state index contributed by atoms with van der Waals surface area (Å²) >= 11 is 1.55. The zero-order valence-corrected chi connectivity index (χ0v) is 8.80. The molecule has 0 amide bonds. The van der Waals surface area contributed by atoms with Crippen molar-refractivity contribution in [2.24, 2.45) is 4.99 Å². The van der Waals surface area contributed by atoms with Crippen LogP contribution >= 0.6 is 11.8 Å². The van der Waals surface area contributed by atoms with E-state index in [9.17, 15) is 4.39 Å². The van der Waals surface area contributed by atoms with Crippen LogP contribution < -0.4 is 0 Å². The van der Waals surface area contributed by atoms with Crippen LogP contribution in [0.25, 0.3) is 4.91 Å². The molecule has 0 bridgehead atoms. The first kappa shape index (κ1) is 8.97. The molecule has 0 fully saturated rings. The van der Waals surface area contributed by atoms with E-state index in [1.54, 1.807) is 23.9 Å². The molecule has 4 heteroatoms. The maximum atomic E-state index is 13.5. The van der Waals surface area contributed by atoms with Gasteiger partial charge in [0.1, 0.15) is 5.82 Å². The van der Waals surface area contributed by atoms with Crippen molar-refractivity contribution in [3.63, 3.8) is 0 Å². The summed E-state index contributed by atoms with van der Waals surface area (Å²) in [4.78, 5) is 7.36. The molecule has 0 saturated carbocycles. The Morgan fingerprint density at radius 1 is 1.33 bits per heavy atom. The summed E-state index contributed by atoms with van der Waals surface area (Å²) in [5.74, 6) is -0.168. The smallest absolute Gasteiger partial charge is 0.168 e. The summed E-state index contributed by atoms with van der Waals surface area (Å²) < 4.78 is 13.5. The topological polar surface area (TPSA) is 15.6 Å².